The molecule has 2 aliphatic rings. The number of hydrogen-bond acceptors (Lipinski definition) is 5. The van der Waals surface area contributed by atoms with Crippen LogP contribution >= 0.6 is 11.3 Å². The van der Waals surface area contributed by atoms with Crippen molar-refractivity contribution < 1.29 is 9.59 Å². The zero-order valence-corrected chi connectivity index (χ0v) is 15.3. The summed E-state index contributed by atoms with van der Waals surface area (Å²) in [5, 5.41) is 7.78. The molecular weight excluding hydrogens is 348 g/mol. The molecule has 0 spiro atoms. The van der Waals surface area contributed by atoms with Crippen molar-refractivity contribution in [2.45, 2.75) is 25.3 Å². The maximum atomic E-state index is 12.7. The Morgan fingerprint density at radius 3 is 2.73 bits per heavy atom. The minimum absolute atomic E-state index is 0.108. The molecule has 0 radical (unpaired) electrons. The van der Waals surface area contributed by atoms with Crippen molar-refractivity contribution in [3.63, 3.8) is 0 Å². The van der Waals surface area contributed by atoms with Crippen molar-refractivity contribution in [2.24, 2.45) is 5.92 Å². The van der Waals surface area contributed by atoms with Crippen LogP contribution in [-0.2, 0) is 0 Å². The van der Waals surface area contributed by atoms with Crippen LogP contribution in [0.2, 0.25) is 0 Å². The van der Waals surface area contributed by atoms with Gasteiger partial charge in [-0.2, -0.15) is 0 Å². The van der Waals surface area contributed by atoms with E-state index in [9.17, 15) is 9.59 Å². The van der Waals surface area contributed by atoms with E-state index in [2.05, 4.69) is 20.5 Å². The molecule has 2 amide bonds. The van der Waals surface area contributed by atoms with E-state index in [-0.39, 0.29) is 17.9 Å². The largest absolute Gasteiger partial charge is 0.347 e. The van der Waals surface area contributed by atoms with E-state index in [1.807, 2.05) is 5.38 Å². The Balaban J connectivity index is 1.35. The first kappa shape index (κ1) is 17.2. The molecular formula is C19H22N4O2S. The van der Waals surface area contributed by atoms with Gasteiger partial charge in [-0.3, -0.25) is 14.6 Å². The highest BCUT2D eigenvalue weighted by Gasteiger charge is 2.30. The van der Waals surface area contributed by atoms with Crippen LogP contribution in [0.5, 0.6) is 0 Å². The topological polar surface area (TPSA) is 74.3 Å². The standard InChI is InChI=1S/C19H22N4O2S/c24-18(14-3-7-20-8-4-14)22-16-6-10-26-17(16)19(25)21-15-5-9-23(12-15)11-13-1-2-13/h3-4,6-8,10,13,15H,1-2,5,9,11-12H2,(H,21,25)(H,22,24). The molecule has 1 unspecified atom stereocenters. The first-order valence-corrected chi connectivity index (χ1v) is 9.89. The van der Waals surface area contributed by atoms with Crippen molar-refractivity contribution in [1.29, 1.82) is 0 Å². The fraction of sp³-hybridized carbons (Fsp3) is 0.421. The van der Waals surface area contributed by atoms with Gasteiger partial charge < -0.3 is 15.5 Å². The Bertz CT molecular complexity index is 788. The van der Waals surface area contributed by atoms with Gasteiger partial charge in [-0.05, 0) is 48.8 Å². The molecule has 2 N–H and O–H groups in total. The van der Waals surface area contributed by atoms with Gasteiger partial charge in [-0.15, -0.1) is 11.3 Å². The SMILES string of the molecule is O=C(Nc1ccsc1C(=O)NC1CCN(CC2CC2)C1)c1ccncc1. The van der Waals surface area contributed by atoms with E-state index in [4.69, 9.17) is 0 Å². The number of rotatable bonds is 6. The van der Waals surface area contributed by atoms with Gasteiger partial charge in [0, 0.05) is 43.6 Å². The summed E-state index contributed by atoms with van der Waals surface area (Å²) in [5.41, 5.74) is 1.08. The summed E-state index contributed by atoms with van der Waals surface area (Å²) < 4.78 is 0. The van der Waals surface area contributed by atoms with E-state index >= 15 is 0 Å². The van der Waals surface area contributed by atoms with Crippen molar-refractivity contribution in [1.82, 2.24) is 15.2 Å². The average Bonchev–Trinajstić information content (AvgIpc) is 3.15. The number of likely N-dealkylation sites (tertiary alicyclic amines) is 1. The number of nitrogens with one attached hydrogen (secondary N) is 2. The number of carbonyl (C=O) groups is 2. The number of aromatic nitrogens is 1. The first-order chi connectivity index (χ1) is 12.7. The minimum Gasteiger partial charge on any atom is -0.347 e. The summed E-state index contributed by atoms with van der Waals surface area (Å²) in [6, 6.07) is 5.25. The van der Waals surface area contributed by atoms with Crippen molar-refractivity contribution in [3.05, 3.63) is 46.4 Å². The van der Waals surface area contributed by atoms with Crippen LogP contribution in [0.3, 0.4) is 0 Å². The Morgan fingerprint density at radius 1 is 1.15 bits per heavy atom. The average molecular weight is 370 g/mol. The summed E-state index contributed by atoms with van der Waals surface area (Å²) >= 11 is 1.35. The second kappa shape index (κ2) is 7.55. The smallest absolute Gasteiger partial charge is 0.263 e. The summed E-state index contributed by atoms with van der Waals surface area (Å²) in [6.45, 7) is 3.14. The lowest BCUT2D eigenvalue weighted by Crippen LogP contribution is -2.37. The monoisotopic (exact) mass is 370 g/mol. The van der Waals surface area contributed by atoms with E-state index in [1.54, 1.807) is 30.6 Å². The highest BCUT2D eigenvalue weighted by molar-refractivity contribution is 7.12. The van der Waals surface area contributed by atoms with Crippen LogP contribution in [0.15, 0.2) is 36.0 Å². The lowest BCUT2D eigenvalue weighted by Gasteiger charge is -2.16. The maximum absolute atomic E-state index is 12.7. The van der Waals surface area contributed by atoms with E-state index < -0.39 is 0 Å². The molecule has 2 aromatic heterocycles. The molecule has 1 atom stereocenters. The number of nitrogens with zero attached hydrogens (tertiary/aromatic N) is 2. The molecule has 26 heavy (non-hydrogen) atoms. The fourth-order valence-corrected chi connectivity index (χ4v) is 4.07. The Morgan fingerprint density at radius 2 is 1.96 bits per heavy atom. The fourth-order valence-electron chi connectivity index (χ4n) is 3.31. The van der Waals surface area contributed by atoms with Gasteiger partial charge in [0.25, 0.3) is 11.8 Å². The number of pyridine rings is 1. The predicted octanol–water partition coefficient (Wildman–Crippen LogP) is 2.61. The molecule has 0 bridgehead atoms. The van der Waals surface area contributed by atoms with Crippen LogP contribution in [0, 0.1) is 5.92 Å². The molecule has 2 fully saturated rings. The van der Waals surface area contributed by atoms with Crippen molar-refractivity contribution in [3.8, 4) is 0 Å². The predicted molar refractivity (Wildman–Crippen MR) is 102 cm³/mol. The number of carbonyl (C=O) groups excluding carboxylic acids is 2. The van der Waals surface area contributed by atoms with E-state index in [0.29, 0.717) is 16.1 Å². The summed E-state index contributed by atoms with van der Waals surface area (Å²) in [4.78, 5) is 31.9. The quantitative estimate of drug-likeness (QED) is 0.820. The second-order valence-electron chi connectivity index (χ2n) is 7.02. The lowest BCUT2D eigenvalue weighted by molar-refractivity contribution is 0.0942. The summed E-state index contributed by atoms with van der Waals surface area (Å²) in [5.74, 6) is 0.524. The van der Waals surface area contributed by atoms with Gasteiger partial charge in [-0.25, -0.2) is 0 Å². The molecule has 6 nitrogen and oxygen atoms in total. The van der Waals surface area contributed by atoms with Crippen molar-refractivity contribution >= 4 is 28.8 Å². The molecule has 3 heterocycles. The van der Waals surface area contributed by atoms with E-state index in [1.165, 1.54) is 30.7 Å². The van der Waals surface area contributed by atoms with Gasteiger partial charge in [0.15, 0.2) is 0 Å². The number of amides is 2. The molecule has 7 heteroatoms. The lowest BCUT2D eigenvalue weighted by atomic mass is 10.2. The summed E-state index contributed by atoms with van der Waals surface area (Å²) in [7, 11) is 0. The number of hydrogen-bond donors (Lipinski definition) is 2. The van der Waals surface area contributed by atoms with Crippen LogP contribution in [0.4, 0.5) is 5.69 Å². The zero-order chi connectivity index (χ0) is 17.9. The van der Waals surface area contributed by atoms with Crippen LogP contribution in [-0.4, -0.2) is 47.4 Å². The third-order valence-electron chi connectivity index (χ3n) is 4.88. The molecule has 136 valence electrons. The highest BCUT2D eigenvalue weighted by atomic mass is 32.1. The van der Waals surface area contributed by atoms with E-state index in [0.717, 1.165) is 25.4 Å². The second-order valence-corrected chi connectivity index (χ2v) is 7.93. The molecule has 4 rings (SSSR count). The van der Waals surface area contributed by atoms with Crippen LogP contribution in [0.25, 0.3) is 0 Å². The van der Waals surface area contributed by atoms with Crippen LogP contribution < -0.4 is 10.6 Å². The maximum Gasteiger partial charge on any atom is 0.263 e. The zero-order valence-electron chi connectivity index (χ0n) is 14.5. The normalized spacial score (nSPS) is 20.1. The molecule has 1 aliphatic heterocycles. The van der Waals surface area contributed by atoms with Crippen molar-refractivity contribution in [2.75, 3.05) is 25.0 Å². The molecule has 1 saturated carbocycles. The third-order valence-corrected chi connectivity index (χ3v) is 5.80. The van der Waals surface area contributed by atoms with Gasteiger partial charge in [0.05, 0.1) is 5.69 Å². The first-order valence-electron chi connectivity index (χ1n) is 9.01. The number of anilines is 1. The Kier molecular flexibility index (Phi) is 4.99. The molecule has 1 saturated heterocycles. The molecule has 1 aliphatic carbocycles. The van der Waals surface area contributed by atoms with Gasteiger partial charge in [0.2, 0.25) is 0 Å². The van der Waals surface area contributed by atoms with Gasteiger partial charge in [-0.1, -0.05) is 0 Å². The summed E-state index contributed by atoms with van der Waals surface area (Å²) in [6.07, 6.45) is 6.84. The third kappa shape index (κ3) is 4.11. The molecule has 2 aromatic rings. The van der Waals surface area contributed by atoms with Gasteiger partial charge >= 0.3 is 0 Å². The highest BCUT2D eigenvalue weighted by Crippen LogP contribution is 2.31. The molecule has 0 aromatic carbocycles. The Hall–Kier alpha value is -2.25. The van der Waals surface area contributed by atoms with Gasteiger partial charge in [0.1, 0.15) is 4.88 Å². The number of thiophene rings is 1. The Labute approximate surface area is 156 Å². The minimum atomic E-state index is -0.240. The van der Waals surface area contributed by atoms with Crippen LogP contribution in [0.1, 0.15) is 39.3 Å².